The molecule has 0 aromatic carbocycles. The van der Waals surface area contributed by atoms with E-state index in [4.69, 9.17) is 11.5 Å². The van der Waals surface area contributed by atoms with Crippen LogP contribution >= 0.6 is 0 Å². The van der Waals surface area contributed by atoms with Gasteiger partial charge in [0.2, 0.25) is 0 Å². The standard InChI is InChI=1S/C6H15N.2C4H11N.C3H9N.2C2H7N.CH5N/c1-4-7(5-2)6-3;1-3-5-4-2;1-2-3-4-5;1-4(2)3;1-3-2;1-2-3;1-2/h4-6H2,1-3H3;5H,3-4H2,1-2H3;2-5H2,1H3;1-3H3;3H,1-2H3;2-3H2,1H3;2H2,1H3. The van der Waals surface area contributed by atoms with Crippen LogP contribution in [-0.4, -0.2) is 97.9 Å². The SMILES string of the molecule is CCCCN.CCN.CCN(CC)CC.CCNCC.CN.CN(C)C.CNC. The second kappa shape index (κ2) is 70.8. The first-order valence-electron chi connectivity index (χ1n) is 11.3. The summed E-state index contributed by atoms with van der Waals surface area (Å²) in [6.45, 7) is 22.1. The van der Waals surface area contributed by atoms with Crippen LogP contribution < -0.4 is 27.8 Å². The van der Waals surface area contributed by atoms with Gasteiger partial charge >= 0.3 is 0 Å². The summed E-state index contributed by atoms with van der Waals surface area (Å²) >= 11 is 0. The Balaban J connectivity index is -0.0000000403. The van der Waals surface area contributed by atoms with Gasteiger partial charge in [0, 0.05) is 0 Å². The van der Waals surface area contributed by atoms with Gasteiger partial charge < -0.3 is 37.6 Å². The molecule has 29 heavy (non-hydrogen) atoms. The van der Waals surface area contributed by atoms with Gasteiger partial charge in [0.1, 0.15) is 0 Å². The Kier molecular flexibility index (Phi) is 114. The average molecular weight is 428 g/mol. The first kappa shape index (κ1) is 46.8. The van der Waals surface area contributed by atoms with Crippen molar-refractivity contribution in [1.29, 1.82) is 0 Å². The fourth-order valence-corrected chi connectivity index (χ4v) is 1.12. The van der Waals surface area contributed by atoms with Gasteiger partial charge in [-0.15, -0.1) is 0 Å². The van der Waals surface area contributed by atoms with Gasteiger partial charge in [-0.3, -0.25) is 0 Å². The quantitative estimate of drug-likeness (QED) is 0.424. The molecule has 7 heteroatoms. The van der Waals surface area contributed by atoms with Crippen LogP contribution in [0.2, 0.25) is 0 Å². The van der Waals surface area contributed by atoms with Gasteiger partial charge in [0.15, 0.2) is 0 Å². The highest BCUT2D eigenvalue weighted by Gasteiger charge is 1.89. The molecule has 0 saturated heterocycles. The van der Waals surface area contributed by atoms with Gasteiger partial charge in [-0.05, 0) is 94.5 Å². The molecule has 0 aliphatic carbocycles. The molecule has 0 aliphatic heterocycles. The van der Waals surface area contributed by atoms with E-state index < -0.39 is 0 Å². The fourth-order valence-electron chi connectivity index (χ4n) is 1.12. The van der Waals surface area contributed by atoms with Gasteiger partial charge in [-0.25, -0.2) is 0 Å². The Labute approximate surface area is 187 Å². The van der Waals surface area contributed by atoms with Crippen LogP contribution in [0.4, 0.5) is 0 Å². The maximum absolute atomic E-state index is 5.14. The number of nitrogens with one attached hydrogen (secondary N) is 2. The van der Waals surface area contributed by atoms with E-state index in [0.717, 1.165) is 26.2 Å². The Morgan fingerprint density at radius 2 is 0.931 bits per heavy atom. The second-order valence-electron chi connectivity index (χ2n) is 5.97. The molecular formula is C22H65N7. The fraction of sp³-hybridized carbons (Fsp3) is 1.00. The molecule has 0 unspecified atom stereocenters. The number of hydrogen-bond acceptors (Lipinski definition) is 7. The van der Waals surface area contributed by atoms with Crippen LogP contribution in [-0.2, 0) is 0 Å². The van der Waals surface area contributed by atoms with Crippen molar-refractivity contribution in [2.45, 2.75) is 61.3 Å². The van der Waals surface area contributed by atoms with Crippen molar-refractivity contribution in [1.82, 2.24) is 20.4 Å². The molecule has 0 aromatic rings. The molecule has 0 rings (SSSR count). The lowest BCUT2D eigenvalue weighted by Gasteiger charge is -2.13. The molecule has 0 heterocycles. The molecule has 0 atom stereocenters. The Bertz CT molecular complexity index is 136. The van der Waals surface area contributed by atoms with E-state index in [1.165, 1.54) is 39.5 Å². The van der Waals surface area contributed by atoms with Gasteiger partial charge in [0.25, 0.3) is 0 Å². The van der Waals surface area contributed by atoms with Gasteiger partial charge in [-0.2, -0.15) is 0 Å². The summed E-state index contributed by atoms with van der Waals surface area (Å²) in [7, 11) is 11.2. The van der Waals surface area contributed by atoms with Gasteiger partial charge in [-0.1, -0.05) is 54.9 Å². The largest absolute Gasteiger partial charge is 0.333 e. The highest BCUT2D eigenvalue weighted by molar-refractivity contribution is 4.43. The first-order chi connectivity index (χ1) is 13.7. The molecule has 0 spiro atoms. The number of hydrogen-bond donors (Lipinski definition) is 5. The van der Waals surface area contributed by atoms with Gasteiger partial charge in [0.05, 0.1) is 0 Å². The predicted octanol–water partition coefficient (Wildman–Crippen LogP) is 2.26. The molecule has 7 nitrogen and oxygen atoms in total. The van der Waals surface area contributed by atoms with Crippen LogP contribution in [0.1, 0.15) is 61.3 Å². The molecule has 188 valence electrons. The highest BCUT2D eigenvalue weighted by Crippen LogP contribution is 1.81. The zero-order chi connectivity index (χ0) is 24.9. The van der Waals surface area contributed by atoms with E-state index in [1.54, 1.807) is 0 Å². The molecule has 0 bridgehead atoms. The Morgan fingerprint density at radius 1 is 0.690 bits per heavy atom. The zero-order valence-corrected chi connectivity index (χ0v) is 23.0. The minimum Gasteiger partial charge on any atom is -0.333 e. The Hall–Kier alpha value is -0.280. The molecular weight excluding hydrogens is 362 g/mol. The first-order valence-corrected chi connectivity index (χ1v) is 11.3. The van der Waals surface area contributed by atoms with Crippen molar-refractivity contribution >= 4 is 0 Å². The average Bonchev–Trinajstić information content (AvgIpc) is 2.68. The predicted molar refractivity (Wildman–Crippen MR) is 141 cm³/mol. The minimum atomic E-state index is 0.750. The molecule has 0 saturated carbocycles. The van der Waals surface area contributed by atoms with Crippen molar-refractivity contribution < 1.29 is 0 Å². The van der Waals surface area contributed by atoms with Crippen molar-refractivity contribution in [3.63, 3.8) is 0 Å². The lowest BCUT2D eigenvalue weighted by molar-refractivity contribution is 0.321. The third-order valence-electron chi connectivity index (χ3n) is 2.40. The van der Waals surface area contributed by atoms with Crippen LogP contribution in [0.25, 0.3) is 0 Å². The number of rotatable bonds is 7. The highest BCUT2D eigenvalue weighted by atomic mass is 15.1. The van der Waals surface area contributed by atoms with Crippen molar-refractivity contribution in [2.75, 3.05) is 88.1 Å². The van der Waals surface area contributed by atoms with E-state index in [1.807, 2.05) is 47.1 Å². The number of unbranched alkanes of at least 4 members (excludes halogenated alkanes) is 1. The Morgan fingerprint density at radius 3 is 0.931 bits per heavy atom. The second-order valence-corrected chi connectivity index (χ2v) is 5.97. The van der Waals surface area contributed by atoms with E-state index in [0.29, 0.717) is 0 Å². The maximum Gasteiger partial charge on any atom is -0.00474 e. The van der Waals surface area contributed by atoms with E-state index >= 15 is 0 Å². The topological polar surface area (TPSA) is 109 Å². The monoisotopic (exact) mass is 428 g/mol. The molecule has 0 aromatic heterocycles. The summed E-state index contributed by atoms with van der Waals surface area (Å²) < 4.78 is 0. The van der Waals surface area contributed by atoms with Crippen molar-refractivity contribution in [3.8, 4) is 0 Å². The molecule has 0 radical (unpaired) electrons. The summed E-state index contributed by atoms with van der Waals surface area (Å²) in [5, 5.41) is 5.86. The molecule has 8 N–H and O–H groups in total. The van der Waals surface area contributed by atoms with E-state index in [-0.39, 0.29) is 0 Å². The number of nitrogens with zero attached hydrogens (tertiary/aromatic N) is 2. The van der Waals surface area contributed by atoms with E-state index in [2.05, 4.69) is 62.8 Å². The van der Waals surface area contributed by atoms with Crippen molar-refractivity contribution in [3.05, 3.63) is 0 Å². The lowest BCUT2D eigenvalue weighted by Crippen LogP contribution is -2.21. The summed E-state index contributed by atoms with van der Waals surface area (Å²) in [4.78, 5) is 4.38. The third kappa shape index (κ3) is 194. The van der Waals surface area contributed by atoms with Crippen LogP contribution in [0, 0.1) is 0 Å². The summed E-state index contributed by atoms with van der Waals surface area (Å²) in [5.74, 6) is 0. The molecule has 0 amide bonds. The van der Waals surface area contributed by atoms with E-state index in [9.17, 15) is 0 Å². The van der Waals surface area contributed by atoms with Crippen LogP contribution in [0.15, 0.2) is 0 Å². The zero-order valence-electron chi connectivity index (χ0n) is 23.0. The third-order valence-corrected chi connectivity index (χ3v) is 2.40. The van der Waals surface area contributed by atoms with Crippen molar-refractivity contribution in [2.24, 2.45) is 17.2 Å². The minimum absolute atomic E-state index is 0.750. The lowest BCUT2D eigenvalue weighted by atomic mass is 10.3. The summed E-state index contributed by atoms with van der Waals surface area (Å²) in [5.41, 5.74) is 14.5. The number of nitrogens with two attached hydrogens (primary N) is 3. The summed E-state index contributed by atoms with van der Waals surface area (Å²) in [6.07, 6.45) is 2.39. The summed E-state index contributed by atoms with van der Waals surface area (Å²) in [6, 6.07) is 0. The maximum atomic E-state index is 5.14. The smallest absolute Gasteiger partial charge is 0.00474 e. The van der Waals surface area contributed by atoms with Crippen LogP contribution in [0.3, 0.4) is 0 Å². The van der Waals surface area contributed by atoms with Crippen LogP contribution in [0.5, 0.6) is 0 Å². The molecule has 0 aliphatic rings. The molecule has 0 fully saturated rings. The normalized spacial score (nSPS) is 8.07.